The van der Waals surface area contributed by atoms with E-state index in [2.05, 4.69) is 15.5 Å². The third-order valence-corrected chi connectivity index (χ3v) is 4.55. The SMILES string of the molecule is C[C@H]1CC(C)(C)OB(CNC(=O)/C(=N\OC(C)(C)C(=O)[O-])c2csc(N)n2)O1. The number of rotatable bonds is 7. The number of aromatic nitrogens is 1. The summed E-state index contributed by atoms with van der Waals surface area (Å²) in [6, 6.07) is 0. The van der Waals surface area contributed by atoms with Gasteiger partial charge in [-0.1, -0.05) is 5.16 Å². The van der Waals surface area contributed by atoms with Gasteiger partial charge in [0.2, 0.25) is 0 Å². The Hall–Kier alpha value is -2.18. The monoisotopic (exact) mass is 411 g/mol. The van der Waals surface area contributed by atoms with Crippen LogP contribution in [0.4, 0.5) is 5.13 Å². The minimum atomic E-state index is -1.73. The maximum absolute atomic E-state index is 12.7. The summed E-state index contributed by atoms with van der Waals surface area (Å²) in [5, 5.41) is 19.2. The molecule has 2 rings (SSSR count). The van der Waals surface area contributed by atoms with Gasteiger partial charge in [0.1, 0.15) is 5.69 Å². The molecule has 10 nitrogen and oxygen atoms in total. The van der Waals surface area contributed by atoms with Crippen LogP contribution in [0.5, 0.6) is 0 Å². The summed E-state index contributed by atoms with van der Waals surface area (Å²) in [5.74, 6) is -2.11. The molecule has 12 heteroatoms. The molecule has 0 unspecified atom stereocenters. The van der Waals surface area contributed by atoms with Gasteiger partial charge in [0.05, 0.1) is 18.0 Å². The molecule has 0 radical (unpaired) electrons. The van der Waals surface area contributed by atoms with Crippen molar-refractivity contribution >= 4 is 41.2 Å². The smallest absolute Gasteiger partial charge is 0.478 e. The standard InChI is InChI=1S/C16H25BN4O6S/c1-9-6-15(2,3)26-17(25-9)8-19-12(22)11(10-7-28-14(18)20-10)21-27-16(4,5)13(23)24/h7,9H,6,8H2,1-5H3,(H2,18,20)(H,19,22)(H,23,24)/p-1/b21-11-/t9-/m0/s1. The van der Waals surface area contributed by atoms with E-state index in [0.717, 1.165) is 17.8 Å². The van der Waals surface area contributed by atoms with Gasteiger partial charge in [-0.05, 0) is 41.0 Å². The first-order chi connectivity index (χ1) is 12.9. The second kappa shape index (κ2) is 8.45. The van der Waals surface area contributed by atoms with E-state index in [1.165, 1.54) is 19.2 Å². The minimum Gasteiger partial charge on any atom is -0.546 e. The zero-order valence-electron chi connectivity index (χ0n) is 16.5. The maximum atomic E-state index is 12.7. The highest BCUT2D eigenvalue weighted by Crippen LogP contribution is 2.25. The molecule has 0 spiro atoms. The minimum absolute atomic E-state index is 0.0238. The number of anilines is 1. The van der Waals surface area contributed by atoms with Crippen molar-refractivity contribution in [2.45, 2.75) is 58.3 Å². The molecule has 1 fully saturated rings. The fourth-order valence-corrected chi connectivity index (χ4v) is 3.13. The molecule has 1 saturated heterocycles. The molecule has 3 N–H and O–H groups in total. The Morgan fingerprint density at radius 2 is 2.25 bits per heavy atom. The maximum Gasteiger partial charge on any atom is 0.478 e. The molecule has 1 amide bonds. The normalized spacial score (nSPS) is 20.0. The van der Waals surface area contributed by atoms with E-state index in [1.807, 2.05) is 20.8 Å². The van der Waals surface area contributed by atoms with Crippen LogP contribution < -0.4 is 16.2 Å². The van der Waals surface area contributed by atoms with Crippen molar-refractivity contribution in [1.29, 1.82) is 0 Å². The van der Waals surface area contributed by atoms with Crippen molar-refractivity contribution in [2.24, 2.45) is 5.16 Å². The second-order valence-corrected chi connectivity index (χ2v) is 8.46. The summed E-state index contributed by atoms with van der Waals surface area (Å²) >= 11 is 1.11. The number of nitrogens with one attached hydrogen (secondary N) is 1. The summed E-state index contributed by atoms with van der Waals surface area (Å²) in [6.07, 6.45) is 0.771. The van der Waals surface area contributed by atoms with Gasteiger partial charge in [0, 0.05) is 11.5 Å². The summed E-state index contributed by atoms with van der Waals surface area (Å²) in [7, 11) is -0.634. The molecule has 0 aliphatic carbocycles. The molecule has 1 aromatic heterocycles. The number of carbonyl (C=O) groups is 2. The number of thiazole rings is 1. The van der Waals surface area contributed by atoms with Crippen LogP contribution in [-0.2, 0) is 23.7 Å². The van der Waals surface area contributed by atoms with Crippen LogP contribution in [-0.4, -0.2) is 53.4 Å². The van der Waals surface area contributed by atoms with Crippen molar-refractivity contribution in [2.75, 3.05) is 12.2 Å². The zero-order chi connectivity index (χ0) is 21.1. The predicted molar refractivity (Wildman–Crippen MR) is 102 cm³/mol. The van der Waals surface area contributed by atoms with Crippen LogP contribution in [0.3, 0.4) is 0 Å². The summed E-state index contributed by atoms with van der Waals surface area (Å²) in [4.78, 5) is 32.8. The van der Waals surface area contributed by atoms with Gasteiger partial charge in [0.25, 0.3) is 5.91 Å². The number of nitrogens with zero attached hydrogens (tertiary/aromatic N) is 2. The fraction of sp³-hybridized carbons (Fsp3) is 0.625. The molecule has 2 heterocycles. The molecule has 1 aliphatic rings. The summed E-state index contributed by atoms with van der Waals surface area (Å²) in [5.41, 5.74) is 3.45. The van der Waals surface area contributed by atoms with Crippen molar-refractivity contribution in [3.05, 3.63) is 11.1 Å². The lowest BCUT2D eigenvalue weighted by molar-refractivity contribution is -0.325. The average molecular weight is 411 g/mol. The zero-order valence-corrected chi connectivity index (χ0v) is 17.3. The molecule has 1 aliphatic heterocycles. The van der Waals surface area contributed by atoms with Gasteiger partial charge in [-0.3, -0.25) is 4.79 Å². The fourth-order valence-electron chi connectivity index (χ4n) is 2.58. The summed E-state index contributed by atoms with van der Waals surface area (Å²) in [6.45, 7) is 8.33. The van der Waals surface area contributed by atoms with Gasteiger partial charge in [0.15, 0.2) is 16.4 Å². The van der Waals surface area contributed by atoms with Crippen molar-refractivity contribution in [3.63, 3.8) is 0 Å². The Morgan fingerprint density at radius 1 is 1.57 bits per heavy atom. The number of carboxylic acid groups (broad SMARTS) is 1. The van der Waals surface area contributed by atoms with Crippen molar-refractivity contribution in [1.82, 2.24) is 10.3 Å². The van der Waals surface area contributed by atoms with Gasteiger partial charge in [-0.15, -0.1) is 11.3 Å². The lowest BCUT2D eigenvalue weighted by Gasteiger charge is -2.38. The number of nitrogens with two attached hydrogens (primary N) is 1. The highest BCUT2D eigenvalue weighted by atomic mass is 32.1. The molecule has 0 aromatic carbocycles. The van der Waals surface area contributed by atoms with Crippen LogP contribution in [0.25, 0.3) is 0 Å². The number of carbonyl (C=O) groups excluding carboxylic acids is 2. The van der Waals surface area contributed by atoms with E-state index in [1.54, 1.807) is 0 Å². The predicted octanol–water partition coefficient (Wildman–Crippen LogP) is -0.278. The van der Waals surface area contributed by atoms with E-state index in [9.17, 15) is 14.7 Å². The summed E-state index contributed by atoms with van der Waals surface area (Å²) < 4.78 is 11.5. The molecule has 1 atom stereocenters. The van der Waals surface area contributed by atoms with E-state index in [4.69, 9.17) is 19.9 Å². The molecule has 28 heavy (non-hydrogen) atoms. The van der Waals surface area contributed by atoms with Crippen molar-refractivity contribution in [3.8, 4) is 0 Å². The Labute approximate surface area is 167 Å². The van der Waals surface area contributed by atoms with E-state index in [0.29, 0.717) is 0 Å². The second-order valence-electron chi connectivity index (χ2n) is 7.57. The number of aliphatic carboxylic acids is 1. The number of amides is 1. The number of hydrogen-bond donors (Lipinski definition) is 2. The topological polar surface area (TPSA) is 148 Å². The Bertz CT molecular complexity index is 766. The molecular weight excluding hydrogens is 387 g/mol. The molecule has 154 valence electrons. The Kier molecular flexibility index (Phi) is 6.68. The first kappa shape index (κ1) is 22.1. The number of hydrogen-bond acceptors (Lipinski definition) is 10. The average Bonchev–Trinajstić information content (AvgIpc) is 2.97. The molecule has 1 aromatic rings. The first-order valence-electron chi connectivity index (χ1n) is 8.70. The Morgan fingerprint density at radius 3 is 2.79 bits per heavy atom. The largest absolute Gasteiger partial charge is 0.546 e. The third-order valence-electron chi connectivity index (χ3n) is 3.88. The molecule has 0 saturated carbocycles. The van der Waals surface area contributed by atoms with Gasteiger partial charge in [-0.25, -0.2) is 4.98 Å². The van der Waals surface area contributed by atoms with Crippen LogP contribution in [0.2, 0.25) is 0 Å². The number of carboxylic acids is 1. The van der Waals surface area contributed by atoms with E-state index in [-0.39, 0.29) is 34.7 Å². The van der Waals surface area contributed by atoms with Crippen LogP contribution in [0.1, 0.15) is 46.7 Å². The van der Waals surface area contributed by atoms with Crippen LogP contribution >= 0.6 is 11.3 Å². The molecule has 0 bridgehead atoms. The lowest BCUT2D eigenvalue weighted by atomic mass is 9.83. The highest BCUT2D eigenvalue weighted by Gasteiger charge is 2.37. The number of nitrogen functional groups attached to an aromatic ring is 1. The first-order valence-corrected chi connectivity index (χ1v) is 9.58. The van der Waals surface area contributed by atoms with Crippen LogP contribution in [0.15, 0.2) is 10.5 Å². The third kappa shape index (κ3) is 5.91. The van der Waals surface area contributed by atoms with E-state index < -0.39 is 24.6 Å². The Balaban J connectivity index is 2.12. The highest BCUT2D eigenvalue weighted by molar-refractivity contribution is 7.13. The lowest BCUT2D eigenvalue weighted by Crippen LogP contribution is -2.52. The van der Waals surface area contributed by atoms with Gasteiger partial charge < -0.3 is 35.1 Å². The van der Waals surface area contributed by atoms with Gasteiger partial charge in [-0.2, -0.15) is 0 Å². The van der Waals surface area contributed by atoms with Gasteiger partial charge >= 0.3 is 7.12 Å². The van der Waals surface area contributed by atoms with Crippen molar-refractivity contribution < 1.29 is 28.8 Å². The quantitative estimate of drug-likeness (QED) is 0.354. The van der Waals surface area contributed by atoms with E-state index >= 15 is 0 Å². The molecular formula is C16H24BN4O6S-. The van der Waals surface area contributed by atoms with Crippen LogP contribution in [0, 0.1) is 0 Å². The number of oxime groups is 1.